The minimum absolute atomic E-state index is 0.0240. The highest BCUT2D eigenvalue weighted by molar-refractivity contribution is 6.31. The molecule has 0 saturated carbocycles. The summed E-state index contributed by atoms with van der Waals surface area (Å²) in [4.78, 5) is 21.2. The Labute approximate surface area is 220 Å². The number of tetrazole rings is 1. The Morgan fingerprint density at radius 2 is 1.89 bits per heavy atom. The zero-order valence-corrected chi connectivity index (χ0v) is 21.1. The lowest BCUT2D eigenvalue weighted by Crippen LogP contribution is -2.26. The Hall–Kier alpha value is -4.25. The highest BCUT2D eigenvalue weighted by Gasteiger charge is 2.41. The van der Waals surface area contributed by atoms with Gasteiger partial charge < -0.3 is 10.3 Å². The smallest absolute Gasteiger partial charge is 0.251 e. The van der Waals surface area contributed by atoms with E-state index in [1.807, 2.05) is 19.9 Å². The maximum Gasteiger partial charge on any atom is 0.251 e. The zero-order chi connectivity index (χ0) is 26.7. The second-order valence-corrected chi connectivity index (χ2v) is 9.95. The highest BCUT2D eigenvalue weighted by Crippen LogP contribution is 2.48. The molecule has 2 aliphatic heterocycles. The van der Waals surface area contributed by atoms with Gasteiger partial charge >= 0.3 is 0 Å². The summed E-state index contributed by atoms with van der Waals surface area (Å²) in [7, 11) is 0. The van der Waals surface area contributed by atoms with Gasteiger partial charge in [-0.3, -0.25) is 4.79 Å². The number of nitrogens with two attached hydrogens (primary N) is 1. The summed E-state index contributed by atoms with van der Waals surface area (Å²) in [5, 5.41) is 11.9. The molecule has 192 valence electrons. The largest absolute Gasteiger partial charge is 0.384 e. The topological polar surface area (TPSA) is 117 Å². The van der Waals surface area contributed by atoms with Crippen LogP contribution in [0.3, 0.4) is 0 Å². The second kappa shape index (κ2) is 8.95. The zero-order valence-electron chi connectivity index (χ0n) is 20.3. The van der Waals surface area contributed by atoms with Gasteiger partial charge in [-0.25, -0.2) is 9.98 Å². The van der Waals surface area contributed by atoms with Crippen LogP contribution in [-0.4, -0.2) is 35.5 Å². The normalized spacial score (nSPS) is 20.7. The molecule has 0 saturated heterocycles. The van der Waals surface area contributed by atoms with Crippen molar-refractivity contribution in [2.24, 2.45) is 10.9 Å². The van der Waals surface area contributed by atoms with Gasteiger partial charge in [0, 0.05) is 40.3 Å². The number of pyridine rings is 2. The fourth-order valence-corrected chi connectivity index (χ4v) is 5.57. The molecule has 38 heavy (non-hydrogen) atoms. The first-order valence-electron chi connectivity index (χ1n) is 11.9. The quantitative estimate of drug-likeness (QED) is 0.301. The molecule has 2 aliphatic rings. The van der Waals surface area contributed by atoms with Gasteiger partial charge in [-0.05, 0) is 58.3 Å². The number of anilines is 1. The van der Waals surface area contributed by atoms with Crippen molar-refractivity contribution in [3.63, 3.8) is 0 Å². The van der Waals surface area contributed by atoms with Gasteiger partial charge in [0.25, 0.3) is 5.56 Å². The Kier molecular flexibility index (Phi) is 5.68. The lowest BCUT2D eigenvalue weighted by Gasteiger charge is -2.21. The van der Waals surface area contributed by atoms with E-state index in [1.165, 1.54) is 29.2 Å². The molecule has 0 spiro atoms. The van der Waals surface area contributed by atoms with E-state index in [2.05, 4.69) is 25.5 Å². The van der Waals surface area contributed by atoms with Crippen LogP contribution in [-0.2, 0) is 0 Å². The predicted molar refractivity (Wildman–Crippen MR) is 138 cm³/mol. The number of hydrogen-bond acceptors (Lipinski definition) is 7. The molecule has 0 amide bonds. The molecule has 9 nitrogen and oxygen atoms in total. The molecule has 0 unspecified atom stereocenters. The third-order valence-electron chi connectivity index (χ3n) is 7.39. The van der Waals surface area contributed by atoms with Crippen molar-refractivity contribution in [2.75, 3.05) is 5.73 Å². The van der Waals surface area contributed by atoms with Crippen LogP contribution >= 0.6 is 11.6 Å². The maximum atomic E-state index is 15.3. The molecule has 0 radical (unpaired) electrons. The van der Waals surface area contributed by atoms with Gasteiger partial charge in [0.05, 0.1) is 23.0 Å². The molecule has 6 rings (SSSR count). The van der Waals surface area contributed by atoms with Crippen molar-refractivity contribution in [2.45, 2.75) is 32.2 Å². The van der Waals surface area contributed by atoms with Crippen LogP contribution < -0.4 is 11.3 Å². The fraction of sp³-hybridized carbons (Fsp3) is 0.231. The lowest BCUT2D eigenvalue weighted by atomic mass is 9.86. The third-order valence-corrected chi connectivity index (χ3v) is 7.62. The predicted octanol–water partition coefficient (Wildman–Crippen LogP) is 4.63. The monoisotopic (exact) mass is 534 g/mol. The first-order chi connectivity index (χ1) is 18.2. The van der Waals surface area contributed by atoms with Crippen LogP contribution in [0.25, 0.3) is 16.8 Å². The first kappa shape index (κ1) is 24.1. The Morgan fingerprint density at radius 1 is 1.08 bits per heavy atom. The molecule has 0 aliphatic carbocycles. The van der Waals surface area contributed by atoms with Gasteiger partial charge in [0.15, 0.2) is 0 Å². The minimum atomic E-state index is -0.812. The summed E-state index contributed by atoms with van der Waals surface area (Å²) in [5.74, 6) is -1.70. The van der Waals surface area contributed by atoms with Gasteiger partial charge in [-0.1, -0.05) is 25.4 Å². The number of aromatic nitrogens is 6. The lowest BCUT2D eigenvalue weighted by molar-refractivity contribution is 0.410. The molecule has 2 N–H and O–H groups in total. The summed E-state index contributed by atoms with van der Waals surface area (Å²) in [6.07, 6.45) is 1.52. The van der Waals surface area contributed by atoms with Crippen LogP contribution in [0.4, 0.5) is 14.6 Å². The van der Waals surface area contributed by atoms with E-state index in [1.54, 1.807) is 22.8 Å². The van der Waals surface area contributed by atoms with Crippen LogP contribution in [0.1, 0.15) is 43.5 Å². The molecular formula is C26H21ClF2N8O. The Morgan fingerprint density at radius 3 is 2.63 bits per heavy atom. The molecule has 3 aromatic heterocycles. The van der Waals surface area contributed by atoms with Crippen molar-refractivity contribution < 1.29 is 8.78 Å². The van der Waals surface area contributed by atoms with Crippen LogP contribution in [0.5, 0.6) is 0 Å². The number of rotatable bonds is 4. The van der Waals surface area contributed by atoms with Crippen molar-refractivity contribution >= 4 is 23.1 Å². The van der Waals surface area contributed by atoms with Crippen molar-refractivity contribution in [1.29, 1.82) is 0 Å². The van der Waals surface area contributed by atoms with Crippen molar-refractivity contribution in [3.8, 4) is 16.8 Å². The van der Waals surface area contributed by atoms with Gasteiger partial charge in [0.2, 0.25) is 11.9 Å². The van der Waals surface area contributed by atoms with E-state index >= 15 is 4.39 Å². The SMILES string of the molecule is C[C@@H]1[C@@H](C2=C(F)N=C(c3ccc(N)nc3F)C2)n2c(cc(-c3cc(Cl)ccc3-n3cnnn3)cc2=O)[C@@H]1C. The Bertz CT molecular complexity index is 1710. The molecule has 3 atom stereocenters. The number of aliphatic imine (C=N–C) groups is 1. The third kappa shape index (κ3) is 3.81. The molecule has 0 bridgehead atoms. The number of hydrogen-bond donors (Lipinski definition) is 1. The number of halogens is 3. The van der Waals surface area contributed by atoms with Gasteiger partial charge in [-0.15, -0.1) is 5.10 Å². The molecule has 12 heteroatoms. The van der Waals surface area contributed by atoms with Gasteiger partial charge in [-0.2, -0.15) is 13.5 Å². The number of nitrogen functional groups attached to an aromatic ring is 1. The summed E-state index contributed by atoms with van der Waals surface area (Å²) in [5.41, 5.74) is 8.61. The summed E-state index contributed by atoms with van der Waals surface area (Å²) < 4.78 is 32.8. The second-order valence-electron chi connectivity index (χ2n) is 9.51. The average molecular weight is 535 g/mol. The molecule has 4 aromatic rings. The maximum absolute atomic E-state index is 15.3. The number of nitrogens with zero attached hydrogens (tertiary/aromatic N) is 7. The van der Waals surface area contributed by atoms with E-state index in [0.717, 1.165) is 5.69 Å². The average Bonchev–Trinajstić information content (AvgIpc) is 3.59. The standard InChI is InChI=1S/C26H21ClF2N8O/c1-12-13(2)24(18-10-19(32-26(18)29)16-4-6-22(30)33-25(16)28)37-21(12)7-14(8-23(37)38)17-9-15(27)3-5-20(17)36-11-31-34-35-36/h3-9,11-13,24H,10H2,1-2H3,(H2,30,33)/t12-,13+,24+/m1/s1. The molecule has 1 aromatic carbocycles. The van der Waals surface area contributed by atoms with Crippen LogP contribution in [0.15, 0.2) is 70.1 Å². The molecule has 5 heterocycles. The van der Waals surface area contributed by atoms with E-state index in [-0.39, 0.29) is 40.9 Å². The number of allylic oxidation sites excluding steroid dienone is 1. The number of fused-ring (bicyclic) bond motifs is 1. The van der Waals surface area contributed by atoms with E-state index < -0.39 is 17.9 Å². The number of benzene rings is 1. The van der Waals surface area contributed by atoms with Crippen molar-refractivity contribution in [1.82, 2.24) is 29.8 Å². The Balaban J connectivity index is 1.42. The van der Waals surface area contributed by atoms with Crippen LogP contribution in [0.2, 0.25) is 5.02 Å². The first-order valence-corrected chi connectivity index (χ1v) is 12.3. The van der Waals surface area contributed by atoms with Crippen LogP contribution in [0, 0.1) is 11.9 Å². The van der Waals surface area contributed by atoms with E-state index in [9.17, 15) is 9.18 Å². The van der Waals surface area contributed by atoms with Gasteiger partial charge in [0.1, 0.15) is 12.1 Å². The highest BCUT2D eigenvalue weighted by atomic mass is 35.5. The summed E-state index contributed by atoms with van der Waals surface area (Å²) >= 11 is 6.30. The van der Waals surface area contributed by atoms with E-state index in [0.29, 0.717) is 27.4 Å². The molecular weight excluding hydrogens is 514 g/mol. The molecule has 0 fully saturated rings. The fourth-order valence-electron chi connectivity index (χ4n) is 5.40. The minimum Gasteiger partial charge on any atom is -0.384 e. The summed E-state index contributed by atoms with van der Waals surface area (Å²) in [6, 6.07) is 11.0. The van der Waals surface area contributed by atoms with E-state index in [4.69, 9.17) is 17.3 Å². The summed E-state index contributed by atoms with van der Waals surface area (Å²) in [6.45, 7) is 3.97. The van der Waals surface area contributed by atoms with Crippen molar-refractivity contribution in [3.05, 3.63) is 92.9 Å².